The summed E-state index contributed by atoms with van der Waals surface area (Å²) < 4.78 is 6.47. The van der Waals surface area contributed by atoms with Crippen LogP contribution in [0.4, 0.5) is 0 Å². The van der Waals surface area contributed by atoms with Crippen LogP contribution < -0.4 is 16.2 Å². The minimum atomic E-state index is -1.50. The molecule has 0 fully saturated rings. The zero-order valence-electron chi connectivity index (χ0n) is 10.0. The molecule has 0 saturated carbocycles. The number of ether oxygens (including phenoxy) is 1. The molecule has 0 aliphatic rings. The highest BCUT2D eigenvalue weighted by Crippen LogP contribution is 2.23. The van der Waals surface area contributed by atoms with Crippen molar-refractivity contribution in [3.05, 3.63) is 38.9 Å². The van der Waals surface area contributed by atoms with Crippen LogP contribution >= 0.6 is 15.9 Å². The highest BCUT2D eigenvalue weighted by Gasteiger charge is 1.97. The topological polar surface area (TPSA) is 137 Å². The third kappa shape index (κ3) is 10.8. The molecular weight excluding hydrogens is 320 g/mol. The van der Waals surface area contributed by atoms with Crippen LogP contribution in [0.15, 0.2) is 33.7 Å². The van der Waals surface area contributed by atoms with Gasteiger partial charge in [0.1, 0.15) is 5.75 Å². The van der Waals surface area contributed by atoms with E-state index in [-0.39, 0.29) is 5.96 Å². The van der Waals surface area contributed by atoms with Gasteiger partial charge in [0.15, 0.2) is 5.96 Å². The first-order chi connectivity index (χ1) is 8.93. The first-order valence-corrected chi connectivity index (χ1v) is 5.98. The van der Waals surface area contributed by atoms with E-state index in [1.807, 2.05) is 24.3 Å². The lowest BCUT2D eigenvalue weighted by Crippen LogP contribution is -2.23. The molecule has 106 valence electrons. The number of nitrogens with zero attached hydrogens (tertiary/aromatic N) is 2. The third-order valence-electron chi connectivity index (χ3n) is 1.69. The molecule has 0 atom stereocenters. The molecule has 0 saturated heterocycles. The summed E-state index contributed by atoms with van der Waals surface area (Å²) in [6.07, 6.45) is 0.791. The van der Waals surface area contributed by atoms with Gasteiger partial charge in [-0.05, 0) is 28.1 Å². The number of guanidine groups is 1. The predicted octanol–water partition coefficient (Wildman–Crippen LogP) is 1.14. The van der Waals surface area contributed by atoms with Crippen molar-refractivity contribution >= 4 is 21.9 Å². The molecule has 5 N–H and O–H groups in total. The molecule has 0 bridgehead atoms. The van der Waals surface area contributed by atoms with Crippen LogP contribution in [0.1, 0.15) is 6.42 Å². The maximum absolute atomic E-state index is 8.36. The van der Waals surface area contributed by atoms with E-state index in [2.05, 4.69) is 20.9 Å². The normalized spacial score (nSPS) is 8.89. The van der Waals surface area contributed by atoms with Gasteiger partial charge in [-0.1, -0.05) is 12.1 Å². The maximum Gasteiger partial charge on any atom is 0.291 e. The molecule has 0 amide bonds. The van der Waals surface area contributed by atoms with Gasteiger partial charge in [-0.2, -0.15) is 0 Å². The van der Waals surface area contributed by atoms with E-state index in [0.717, 1.165) is 16.6 Å². The van der Waals surface area contributed by atoms with Crippen molar-refractivity contribution in [3.8, 4) is 5.75 Å². The van der Waals surface area contributed by atoms with E-state index in [9.17, 15) is 0 Å². The Hall–Kier alpha value is -2.03. The van der Waals surface area contributed by atoms with E-state index in [4.69, 9.17) is 31.5 Å². The summed E-state index contributed by atoms with van der Waals surface area (Å²) in [5, 5.41) is 13.6. The van der Waals surface area contributed by atoms with Crippen molar-refractivity contribution in [2.24, 2.45) is 16.5 Å². The van der Waals surface area contributed by atoms with Crippen molar-refractivity contribution < 1.29 is 15.0 Å². The molecule has 1 aromatic rings. The average molecular weight is 335 g/mol. The molecule has 9 heteroatoms. The summed E-state index contributed by atoms with van der Waals surface area (Å²) >= 11 is 3.40. The number of aliphatic imine (C=N–C) groups is 1. The lowest BCUT2D eigenvalue weighted by atomic mass is 10.3. The zero-order valence-corrected chi connectivity index (χ0v) is 11.6. The molecule has 1 rings (SSSR count). The highest BCUT2D eigenvalue weighted by atomic mass is 79.9. The van der Waals surface area contributed by atoms with Crippen molar-refractivity contribution in [3.63, 3.8) is 0 Å². The molecule has 0 aromatic heterocycles. The first-order valence-electron chi connectivity index (χ1n) is 5.19. The number of nitrogens with two attached hydrogens (primary N) is 2. The molecule has 0 spiro atoms. The Balaban J connectivity index is 0.000000711. The van der Waals surface area contributed by atoms with Gasteiger partial charge in [-0.3, -0.25) is 4.99 Å². The maximum atomic E-state index is 8.36. The van der Waals surface area contributed by atoms with Crippen molar-refractivity contribution in [2.45, 2.75) is 6.42 Å². The van der Waals surface area contributed by atoms with Gasteiger partial charge < -0.3 is 21.4 Å². The summed E-state index contributed by atoms with van der Waals surface area (Å²) in [5.41, 5.74) is 10.4. The van der Waals surface area contributed by atoms with Crippen LogP contribution in [0, 0.1) is 10.1 Å². The van der Waals surface area contributed by atoms with Crippen LogP contribution in [0.25, 0.3) is 0 Å². The van der Waals surface area contributed by atoms with Gasteiger partial charge in [-0.15, -0.1) is 10.1 Å². The Morgan fingerprint density at radius 3 is 2.58 bits per heavy atom. The molecule has 0 heterocycles. The number of para-hydroxylation sites is 1. The Kier molecular flexibility index (Phi) is 8.88. The van der Waals surface area contributed by atoms with Crippen molar-refractivity contribution in [1.29, 1.82) is 0 Å². The molecular formula is C10H15BrN4O4. The molecule has 1 aromatic carbocycles. The lowest BCUT2D eigenvalue weighted by Gasteiger charge is -2.06. The zero-order chi connectivity index (χ0) is 14.7. The summed E-state index contributed by atoms with van der Waals surface area (Å²) in [5.74, 6) is 0.957. The summed E-state index contributed by atoms with van der Waals surface area (Å²) in [7, 11) is 0. The predicted molar refractivity (Wildman–Crippen MR) is 73.7 cm³/mol. The molecule has 0 aliphatic carbocycles. The van der Waals surface area contributed by atoms with Crippen LogP contribution in [0.2, 0.25) is 0 Å². The fourth-order valence-corrected chi connectivity index (χ4v) is 1.42. The molecule has 0 radical (unpaired) electrons. The standard InChI is InChI=1S/C10H14BrN3O.HNO3/c11-8-4-1-2-5-9(8)15-7-3-6-14-10(12)13;2-1(3)4/h1-2,4-5H,3,6-7H2,(H4,12,13,14);(H,2,3,4). The molecule has 0 unspecified atom stereocenters. The summed E-state index contributed by atoms with van der Waals surface area (Å²) in [6, 6.07) is 7.71. The highest BCUT2D eigenvalue weighted by molar-refractivity contribution is 9.10. The smallest absolute Gasteiger partial charge is 0.291 e. The van der Waals surface area contributed by atoms with E-state index >= 15 is 0 Å². The second-order valence-electron chi connectivity index (χ2n) is 3.18. The van der Waals surface area contributed by atoms with E-state index in [1.54, 1.807) is 0 Å². The van der Waals surface area contributed by atoms with Crippen LogP contribution in [-0.4, -0.2) is 29.4 Å². The minimum Gasteiger partial charge on any atom is -0.492 e. The van der Waals surface area contributed by atoms with Gasteiger partial charge in [-0.25, -0.2) is 0 Å². The fraction of sp³-hybridized carbons (Fsp3) is 0.300. The Morgan fingerprint density at radius 2 is 2.05 bits per heavy atom. The largest absolute Gasteiger partial charge is 0.492 e. The van der Waals surface area contributed by atoms with Crippen molar-refractivity contribution in [2.75, 3.05) is 13.2 Å². The second-order valence-corrected chi connectivity index (χ2v) is 4.03. The van der Waals surface area contributed by atoms with E-state index < -0.39 is 5.09 Å². The fourth-order valence-electron chi connectivity index (χ4n) is 1.02. The van der Waals surface area contributed by atoms with Gasteiger partial charge >= 0.3 is 0 Å². The SMILES string of the molecule is NC(N)=NCCCOc1ccccc1Br.O=[N+]([O-])O. The average Bonchev–Trinajstić information content (AvgIpc) is 2.30. The Labute approximate surface area is 118 Å². The summed E-state index contributed by atoms with van der Waals surface area (Å²) in [6.45, 7) is 1.19. The second kappa shape index (κ2) is 9.95. The third-order valence-corrected chi connectivity index (χ3v) is 2.35. The van der Waals surface area contributed by atoms with Crippen LogP contribution in [0.5, 0.6) is 5.75 Å². The number of benzene rings is 1. The van der Waals surface area contributed by atoms with Gasteiger partial charge in [0.25, 0.3) is 5.09 Å². The molecule has 8 nitrogen and oxygen atoms in total. The summed E-state index contributed by atoms with van der Waals surface area (Å²) in [4.78, 5) is 12.2. The minimum absolute atomic E-state index is 0.121. The number of hydrogen-bond donors (Lipinski definition) is 3. The quantitative estimate of drug-likeness (QED) is 0.243. The molecule has 0 aliphatic heterocycles. The molecule has 19 heavy (non-hydrogen) atoms. The lowest BCUT2D eigenvalue weighted by molar-refractivity contribution is -0.742. The van der Waals surface area contributed by atoms with Gasteiger partial charge in [0, 0.05) is 13.0 Å². The van der Waals surface area contributed by atoms with E-state index in [1.165, 1.54) is 0 Å². The Morgan fingerprint density at radius 1 is 1.47 bits per heavy atom. The van der Waals surface area contributed by atoms with Gasteiger partial charge in [0.05, 0.1) is 11.1 Å². The van der Waals surface area contributed by atoms with E-state index in [0.29, 0.717) is 13.2 Å². The number of hydrogen-bond acceptors (Lipinski definition) is 4. The van der Waals surface area contributed by atoms with Crippen LogP contribution in [-0.2, 0) is 0 Å². The number of rotatable bonds is 5. The van der Waals surface area contributed by atoms with Crippen LogP contribution in [0.3, 0.4) is 0 Å². The van der Waals surface area contributed by atoms with Gasteiger partial charge in [0.2, 0.25) is 0 Å². The first kappa shape index (κ1) is 17.0. The van der Waals surface area contributed by atoms with Crippen molar-refractivity contribution in [1.82, 2.24) is 0 Å². The number of halogens is 1. The Bertz CT molecular complexity index is 420. The monoisotopic (exact) mass is 334 g/mol.